The lowest BCUT2D eigenvalue weighted by atomic mass is 10.0. The van der Waals surface area contributed by atoms with Crippen molar-refractivity contribution >= 4 is 130 Å². The molecular formula is C44H44Br2N2S6. The van der Waals surface area contributed by atoms with Crippen molar-refractivity contribution in [1.82, 2.24) is 9.97 Å². The summed E-state index contributed by atoms with van der Waals surface area (Å²) in [5, 5.41) is 0. The Bertz CT molecular complexity index is 2260. The van der Waals surface area contributed by atoms with Crippen LogP contribution in [0.5, 0.6) is 0 Å². The van der Waals surface area contributed by atoms with E-state index >= 15 is 0 Å². The number of rotatable bonds is 18. The predicted octanol–water partition coefficient (Wildman–Crippen LogP) is 18.3. The number of hydrogen-bond donors (Lipinski definition) is 0. The number of hydrogen-bond acceptors (Lipinski definition) is 8. The minimum atomic E-state index is 0.963. The van der Waals surface area contributed by atoms with Crippen LogP contribution < -0.4 is 0 Å². The van der Waals surface area contributed by atoms with Crippen molar-refractivity contribution in [2.45, 2.75) is 104 Å². The molecule has 280 valence electrons. The molecule has 0 spiro atoms. The zero-order chi connectivity index (χ0) is 37.0. The summed E-state index contributed by atoms with van der Waals surface area (Å²) in [5.41, 5.74) is 6.18. The van der Waals surface area contributed by atoms with Gasteiger partial charge in [-0.05, 0) is 106 Å². The highest BCUT2D eigenvalue weighted by Crippen LogP contribution is 2.48. The Morgan fingerprint density at radius 2 is 0.833 bits per heavy atom. The van der Waals surface area contributed by atoms with E-state index in [1.54, 1.807) is 22.7 Å². The van der Waals surface area contributed by atoms with Gasteiger partial charge in [0.2, 0.25) is 0 Å². The van der Waals surface area contributed by atoms with Crippen molar-refractivity contribution in [2.24, 2.45) is 0 Å². The van der Waals surface area contributed by atoms with Crippen LogP contribution in [0.3, 0.4) is 0 Å². The lowest BCUT2D eigenvalue weighted by molar-refractivity contribution is 0.609. The van der Waals surface area contributed by atoms with Gasteiger partial charge in [0.1, 0.15) is 11.4 Å². The van der Waals surface area contributed by atoms with Crippen LogP contribution in [0.4, 0.5) is 0 Å². The Hall–Kier alpha value is -1.76. The summed E-state index contributed by atoms with van der Waals surface area (Å²) in [7, 11) is 0. The minimum Gasteiger partial charge on any atom is -0.242 e. The molecule has 0 unspecified atom stereocenters. The second-order valence-electron chi connectivity index (χ2n) is 14.1. The first-order valence-electron chi connectivity index (χ1n) is 19.4. The lowest BCUT2D eigenvalue weighted by Gasteiger charge is -2.13. The first-order chi connectivity index (χ1) is 26.5. The molecule has 0 aliphatic carbocycles. The zero-order valence-electron chi connectivity index (χ0n) is 30.8. The van der Waals surface area contributed by atoms with Crippen molar-refractivity contribution in [2.75, 3.05) is 0 Å². The quantitative estimate of drug-likeness (QED) is 0.0801. The molecule has 2 nitrogen and oxygen atoms in total. The molecule has 0 bridgehead atoms. The molecule has 8 rings (SSSR count). The molecule has 7 aromatic heterocycles. The zero-order valence-corrected chi connectivity index (χ0v) is 38.8. The fourth-order valence-electron chi connectivity index (χ4n) is 7.21. The van der Waals surface area contributed by atoms with Gasteiger partial charge in [0.25, 0.3) is 0 Å². The minimum absolute atomic E-state index is 0.963. The van der Waals surface area contributed by atoms with Crippen molar-refractivity contribution < 1.29 is 0 Å². The van der Waals surface area contributed by atoms with Crippen LogP contribution in [0.25, 0.3) is 71.9 Å². The molecule has 0 fully saturated rings. The van der Waals surface area contributed by atoms with E-state index in [1.165, 1.54) is 138 Å². The summed E-state index contributed by atoms with van der Waals surface area (Å²) < 4.78 is 7.72. The van der Waals surface area contributed by atoms with Crippen molar-refractivity contribution in [3.63, 3.8) is 0 Å². The second kappa shape index (κ2) is 18.2. The summed E-state index contributed by atoms with van der Waals surface area (Å²) in [5.74, 6) is 0. The van der Waals surface area contributed by atoms with Gasteiger partial charge in [-0.2, -0.15) is 0 Å². The molecular weight excluding hydrogens is 909 g/mol. The van der Waals surface area contributed by atoms with E-state index < -0.39 is 0 Å². The van der Waals surface area contributed by atoms with Gasteiger partial charge in [-0.1, -0.05) is 90.2 Å². The highest BCUT2D eigenvalue weighted by molar-refractivity contribution is 9.11. The lowest BCUT2D eigenvalue weighted by Crippen LogP contribution is -1.96. The average molecular weight is 953 g/mol. The Labute approximate surface area is 360 Å². The van der Waals surface area contributed by atoms with Crippen molar-refractivity contribution in [3.8, 4) is 42.0 Å². The molecule has 0 aliphatic rings. The molecule has 54 heavy (non-hydrogen) atoms. The van der Waals surface area contributed by atoms with Gasteiger partial charge in [0, 0.05) is 49.4 Å². The van der Waals surface area contributed by atoms with Gasteiger partial charge in [-0.3, -0.25) is 0 Å². The Morgan fingerprint density at radius 3 is 1.22 bits per heavy atom. The number of halogens is 2. The molecule has 0 radical (unpaired) electrons. The topological polar surface area (TPSA) is 25.8 Å². The fourth-order valence-corrected chi connectivity index (χ4v) is 14.9. The first-order valence-corrected chi connectivity index (χ1v) is 25.9. The van der Waals surface area contributed by atoms with Gasteiger partial charge in [-0.25, -0.2) is 9.97 Å². The Balaban J connectivity index is 1.20. The highest BCUT2D eigenvalue weighted by Gasteiger charge is 2.23. The molecule has 0 saturated carbocycles. The molecule has 10 heteroatoms. The Morgan fingerprint density at radius 1 is 0.426 bits per heavy atom. The molecule has 0 aliphatic heterocycles. The summed E-state index contributed by atoms with van der Waals surface area (Å²) >= 11 is 18.6. The molecule has 7 heterocycles. The molecule has 0 saturated heterocycles. The number of aryl methyl sites for hydroxylation is 2. The summed E-state index contributed by atoms with van der Waals surface area (Å²) in [4.78, 5) is 19.2. The van der Waals surface area contributed by atoms with Crippen LogP contribution >= 0.6 is 99.9 Å². The third-order valence-electron chi connectivity index (χ3n) is 10.0. The average Bonchev–Trinajstić information content (AvgIpc) is 4.02. The highest BCUT2D eigenvalue weighted by atomic mass is 79.9. The van der Waals surface area contributed by atoms with E-state index in [0.717, 1.165) is 41.1 Å². The number of unbranched alkanes of at least 4 members (excludes halogenated alkanes) is 10. The van der Waals surface area contributed by atoms with E-state index in [2.05, 4.69) is 106 Å². The summed E-state index contributed by atoms with van der Waals surface area (Å²) in [6.45, 7) is 4.58. The summed E-state index contributed by atoms with van der Waals surface area (Å²) in [6, 6.07) is 22.8. The van der Waals surface area contributed by atoms with Crippen LogP contribution in [0.15, 0.2) is 68.2 Å². The number of aromatic nitrogens is 2. The standard InChI is InChI=1S/C44H44Br2N2S6/c1-3-5-7-9-11-13-15-27-23-33-35(49-27)25-37(51-33)43-44(38-26-36-34(52-38)24-28(50-36)16-14-12-10-8-6-4-2)48-42-30(32-20-22-40(46)54-32)18-17-29(41(42)47-43)31-19-21-39(45)53-31/h17-26H,3-16H2,1-2H3. The van der Waals surface area contributed by atoms with E-state index in [4.69, 9.17) is 9.97 Å². The van der Waals surface area contributed by atoms with Crippen LogP contribution in [0, 0.1) is 0 Å². The van der Waals surface area contributed by atoms with E-state index in [-0.39, 0.29) is 0 Å². The third-order valence-corrected chi connectivity index (χ3v) is 18.1. The second-order valence-corrected chi connectivity index (χ2v) is 23.6. The smallest absolute Gasteiger partial charge is 0.108 e. The van der Waals surface area contributed by atoms with E-state index in [0.29, 0.717) is 0 Å². The van der Waals surface area contributed by atoms with Crippen molar-refractivity contribution in [3.05, 3.63) is 78.0 Å². The molecule has 8 aromatic rings. The normalized spacial score (nSPS) is 12.0. The first kappa shape index (κ1) is 39.1. The monoisotopic (exact) mass is 950 g/mol. The SMILES string of the molecule is CCCCCCCCc1cc2sc(-c3nc4c(-c5ccc(Br)s5)ccc(-c5ccc(Br)s5)c4nc3-c3cc4sc(CCCCCCCC)cc4s3)cc2s1. The van der Waals surface area contributed by atoms with Gasteiger partial charge >= 0.3 is 0 Å². The van der Waals surface area contributed by atoms with Gasteiger partial charge < -0.3 is 0 Å². The molecule has 0 atom stereocenters. The summed E-state index contributed by atoms with van der Waals surface area (Å²) in [6.07, 6.45) is 18.4. The van der Waals surface area contributed by atoms with Gasteiger partial charge in [-0.15, -0.1) is 68.0 Å². The number of nitrogens with zero attached hydrogens (tertiary/aromatic N) is 2. The molecule has 0 N–H and O–H groups in total. The van der Waals surface area contributed by atoms with Gasteiger partial charge in [0.15, 0.2) is 0 Å². The fraction of sp³-hybridized carbons (Fsp3) is 0.364. The van der Waals surface area contributed by atoms with E-state index in [9.17, 15) is 0 Å². The van der Waals surface area contributed by atoms with Gasteiger partial charge in [0.05, 0.1) is 28.4 Å². The molecule has 0 amide bonds. The maximum absolute atomic E-state index is 5.67. The van der Waals surface area contributed by atoms with Crippen LogP contribution in [-0.2, 0) is 12.8 Å². The number of benzene rings is 1. The van der Waals surface area contributed by atoms with Crippen molar-refractivity contribution in [1.29, 1.82) is 0 Å². The largest absolute Gasteiger partial charge is 0.242 e. The van der Waals surface area contributed by atoms with Crippen LogP contribution in [-0.4, -0.2) is 9.97 Å². The predicted molar refractivity (Wildman–Crippen MR) is 253 cm³/mol. The number of fused-ring (bicyclic) bond motifs is 3. The van der Waals surface area contributed by atoms with Crippen LogP contribution in [0.2, 0.25) is 0 Å². The van der Waals surface area contributed by atoms with Crippen LogP contribution in [0.1, 0.15) is 101 Å². The third kappa shape index (κ3) is 8.86. The maximum atomic E-state index is 5.67. The maximum Gasteiger partial charge on any atom is 0.108 e. The van der Waals surface area contributed by atoms with E-state index in [1.807, 2.05) is 45.3 Å². The Kier molecular flexibility index (Phi) is 13.2. The molecule has 1 aromatic carbocycles. The number of thiophene rings is 6.